The highest BCUT2D eigenvalue weighted by Crippen LogP contribution is 2.49. The maximum Gasteiger partial charge on any atom is 0.335 e. The van der Waals surface area contributed by atoms with E-state index >= 15 is 0 Å². The van der Waals surface area contributed by atoms with E-state index in [1.165, 1.54) is 11.1 Å². The zero-order chi connectivity index (χ0) is 16.0. The van der Waals surface area contributed by atoms with Gasteiger partial charge >= 0.3 is 5.97 Å². The molecular formula is C20H19NO2. The summed E-state index contributed by atoms with van der Waals surface area (Å²) in [5.74, 6) is -0.142. The molecule has 1 aliphatic heterocycles. The van der Waals surface area contributed by atoms with Crippen molar-refractivity contribution < 1.29 is 9.90 Å². The minimum Gasteiger partial charge on any atom is -0.478 e. The molecule has 3 nitrogen and oxygen atoms in total. The maximum atomic E-state index is 11.3. The fraction of sp³-hybridized carbons (Fsp3) is 0.250. The van der Waals surface area contributed by atoms with Gasteiger partial charge in [-0.1, -0.05) is 42.0 Å². The Morgan fingerprint density at radius 3 is 2.87 bits per heavy atom. The first-order valence-electron chi connectivity index (χ1n) is 8.00. The molecule has 0 bridgehead atoms. The van der Waals surface area contributed by atoms with Gasteiger partial charge in [0.2, 0.25) is 0 Å². The number of rotatable bonds is 2. The van der Waals surface area contributed by atoms with Crippen LogP contribution < -0.4 is 5.32 Å². The van der Waals surface area contributed by atoms with E-state index in [2.05, 4.69) is 48.7 Å². The molecule has 0 aromatic heterocycles. The van der Waals surface area contributed by atoms with Crippen molar-refractivity contribution in [1.82, 2.24) is 0 Å². The summed E-state index contributed by atoms with van der Waals surface area (Å²) < 4.78 is 0. The molecule has 0 amide bonds. The summed E-state index contributed by atoms with van der Waals surface area (Å²) in [4.78, 5) is 11.3. The van der Waals surface area contributed by atoms with Gasteiger partial charge in [0.05, 0.1) is 11.6 Å². The minimum absolute atomic E-state index is 0.262. The summed E-state index contributed by atoms with van der Waals surface area (Å²) in [5.41, 5.74) is 5.08. The molecule has 2 aliphatic rings. The number of anilines is 1. The van der Waals surface area contributed by atoms with Crippen LogP contribution in [0.3, 0.4) is 0 Å². The second kappa shape index (κ2) is 5.27. The fourth-order valence-corrected chi connectivity index (χ4v) is 3.92. The van der Waals surface area contributed by atoms with Crippen molar-refractivity contribution in [1.29, 1.82) is 0 Å². The van der Waals surface area contributed by atoms with Gasteiger partial charge in [0, 0.05) is 11.6 Å². The maximum absolute atomic E-state index is 11.3. The molecule has 2 aromatic carbocycles. The zero-order valence-electron chi connectivity index (χ0n) is 13.0. The van der Waals surface area contributed by atoms with E-state index in [4.69, 9.17) is 0 Å². The summed E-state index contributed by atoms with van der Waals surface area (Å²) in [7, 11) is 0. The van der Waals surface area contributed by atoms with Gasteiger partial charge in [-0.3, -0.25) is 0 Å². The Morgan fingerprint density at radius 1 is 1.22 bits per heavy atom. The molecule has 0 saturated heterocycles. The highest BCUT2D eigenvalue weighted by molar-refractivity contribution is 5.89. The Labute approximate surface area is 135 Å². The van der Waals surface area contributed by atoms with Crippen LogP contribution in [-0.2, 0) is 0 Å². The van der Waals surface area contributed by atoms with E-state index in [0.29, 0.717) is 11.5 Å². The van der Waals surface area contributed by atoms with Crippen molar-refractivity contribution >= 4 is 11.7 Å². The quantitative estimate of drug-likeness (QED) is 0.802. The number of allylic oxidation sites excluding steroid dienone is 2. The van der Waals surface area contributed by atoms with Crippen LogP contribution in [0.5, 0.6) is 0 Å². The summed E-state index contributed by atoms with van der Waals surface area (Å²) in [6.45, 7) is 2.11. The lowest BCUT2D eigenvalue weighted by Crippen LogP contribution is -2.29. The molecule has 3 atom stereocenters. The number of benzene rings is 2. The standard InChI is InChI=1S/C20H19NO2/c1-12-4-2-5-13(10-12)19-16-7-3-6-15(16)17-11-14(20(22)23)8-9-18(17)21-19/h2-6,8-11,15-16,19,21H,7H2,1H3,(H,22,23)/t15-,16+,19-/m1/s1. The first kappa shape index (κ1) is 14.1. The molecule has 0 unspecified atom stereocenters. The van der Waals surface area contributed by atoms with Crippen LogP contribution in [0.15, 0.2) is 54.6 Å². The number of nitrogens with one attached hydrogen (secondary N) is 1. The normalized spacial score (nSPS) is 24.7. The molecule has 0 saturated carbocycles. The van der Waals surface area contributed by atoms with E-state index in [1.807, 2.05) is 12.1 Å². The lowest BCUT2D eigenvalue weighted by Gasteiger charge is -2.37. The Bertz CT molecular complexity index is 809. The highest BCUT2D eigenvalue weighted by Gasteiger charge is 2.38. The third-order valence-electron chi connectivity index (χ3n) is 5.01. The van der Waals surface area contributed by atoms with Crippen molar-refractivity contribution in [2.24, 2.45) is 5.92 Å². The van der Waals surface area contributed by atoms with Crippen LogP contribution >= 0.6 is 0 Å². The largest absolute Gasteiger partial charge is 0.478 e. The SMILES string of the molecule is Cc1cccc([C@H]2Nc3ccc(C(=O)O)cc3[C@@H]3C=CC[C@H]23)c1. The Kier molecular flexibility index (Phi) is 3.22. The second-order valence-corrected chi connectivity index (χ2v) is 6.50. The number of carbonyl (C=O) groups is 1. The first-order chi connectivity index (χ1) is 11.1. The third-order valence-corrected chi connectivity index (χ3v) is 5.01. The van der Waals surface area contributed by atoms with Crippen LogP contribution in [-0.4, -0.2) is 11.1 Å². The highest BCUT2D eigenvalue weighted by atomic mass is 16.4. The first-order valence-corrected chi connectivity index (χ1v) is 8.00. The van der Waals surface area contributed by atoms with Gasteiger partial charge in [0.25, 0.3) is 0 Å². The Hall–Kier alpha value is -2.55. The Balaban J connectivity index is 1.79. The molecule has 116 valence electrons. The molecule has 2 aromatic rings. The van der Waals surface area contributed by atoms with Crippen LogP contribution in [0.25, 0.3) is 0 Å². The van der Waals surface area contributed by atoms with Crippen LogP contribution in [0.2, 0.25) is 0 Å². The monoisotopic (exact) mass is 305 g/mol. The average molecular weight is 305 g/mol. The van der Waals surface area contributed by atoms with E-state index < -0.39 is 5.97 Å². The number of aryl methyl sites for hydroxylation is 1. The van der Waals surface area contributed by atoms with Crippen molar-refractivity contribution in [2.75, 3.05) is 5.32 Å². The van der Waals surface area contributed by atoms with Gasteiger partial charge < -0.3 is 10.4 Å². The third kappa shape index (κ3) is 2.33. The topological polar surface area (TPSA) is 49.3 Å². The van der Waals surface area contributed by atoms with Gasteiger partial charge in [-0.2, -0.15) is 0 Å². The second-order valence-electron chi connectivity index (χ2n) is 6.50. The van der Waals surface area contributed by atoms with Crippen molar-refractivity contribution in [3.8, 4) is 0 Å². The number of carboxylic acid groups (broad SMARTS) is 1. The molecule has 1 heterocycles. The minimum atomic E-state index is -0.868. The molecule has 1 aliphatic carbocycles. The van der Waals surface area contributed by atoms with Crippen molar-refractivity contribution in [3.63, 3.8) is 0 Å². The lowest BCUT2D eigenvalue weighted by atomic mass is 9.76. The van der Waals surface area contributed by atoms with Crippen LogP contribution in [0.1, 0.15) is 45.4 Å². The van der Waals surface area contributed by atoms with Crippen molar-refractivity contribution in [2.45, 2.75) is 25.3 Å². The van der Waals surface area contributed by atoms with Crippen molar-refractivity contribution in [3.05, 3.63) is 76.9 Å². The van der Waals surface area contributed by atoms with E-state index in [9.17, 15) is 9.90 Å². The molecule has 23 heavy (non-hydrogen) atoms. The molecule has 2 N–H and O–H groups in total. The van der Waals surface area contributed by atoms with E-state index in [0.717, 1.165) is 17.7 Å². The van der Waals surface area contributed by atoms with Crippen LogP contribution in [0, 0.1) is 12.8 Å². The number of fused-ring (bicyclic) bond motifs is 3. The fourth-order valence-electron chi connectivity index (χ4n) is 3.92. The molecule has 3 heteroatoms. The van der Waals surface area contributed by atoms with Gasteiger partial charge in [-0.15, -0.1) is 0 Å². The summed E-state index contributed by atoms with van der Waals surface area (Å²) in [5, 5.41) is 12.9. The number of hydrogen-bond acceptors (Lipinski definition) is 2. The number of hydrogen-bond donors (Lipinski definition) is 2. The van der Waals surface area contributed by atoms with Crippen LogP contribution in [0.4, 0.5) is 5.69 Å². The van der Waals surface area contributed by atoms with E-state index in [-0.39, 0.29) is 12.0 Å². The predicted molar refractivity (Wildman–Crippen MR) is 90.9 cm³/mol. The van der Waals surface area contributed by atoms with Gasteiger partial charge in [-0.05, 0) is 48.6 Å². The van der Waals surface area contributed by atoms with Gasteiger partial charge in [0.15, 0.2) is 0 Å². The summed E-state index contributed by atoms with van der Waals surface area (Å²) in [6, 6.07) is 14.3. The average Bonchev–Trinajstić information content (AvgIpc) is 3.03. The summed E-state index contributed by atoms with van der Waals surface area (Å²) >= 11 is 0. The lowest BCUT2D eigenvalue weighted by molar-refractivity contribution is 0.0696. The molecule has 0 radical (unpaired) electrons. The molecule has 0 fully saturated rings. The molecule has 4 rings (SSSR count). The number of aromatic carboxylic acids is 1. The zero-order valence-corrected chi connectivity index (χ0v) is 13.0. The van der Waals surface area contributed by atoms with Gasteiger partial charge in [0.1, 0.15) is 0 Å². The van der Waals surface area contributed by atoms with Gasteiger partial charge in [-0.25, -0.2) is 4.79 Å². The molecule has 0 spiro atoms. The number of carboxylic acids is 1. The van der Waals surface area contributed by atoms with E-state index in [1.54, 1.807) is 6.07 Å². The Morgan fingerprint density at radius 2 is 2.09 bits per heavy atom. The molecular weight excluding hydrogens is 286 g/mol. The smallest absolute Gasteiger partial charge is 0.335 e. The summed E-state index contributed by atoms with van der Waals surface area (Å²) in [6.07, 6.45) is 5.48. The predicted octanol–water partition coefficient (Wildman–Crippen LogP) is 4.52.